The molecule has 0 saturated carbocycles. The highest BCUT2D eigenvalue weighted by Crippen LogP contribution is 2.16. The summed E-state index contributed by atoms with van der Waals surface area (Å²) in [6.45, 7) is 3.35. The molecule has 2 rings (SSSR count). The molecule has 0 spiro atoms. The quantitative estimate of drug-likeness (QED) is 0.858. The fourth-order valence-electron chi connectivity index (χ4n) is 2.08. The number of hydrogen-bond donors (Lipinski definition) is 1. The molecule has 0 amide bonds. The third-order valence-electron chi connectivity index (χ3n) is 3.30. The third kappa shape index (κ3) is 3.43. The van der Waals surface area contributed by atoms with E-state index < -0.39 is 0 Å². The van der Waals surface area contributed by atoms with E-state index in [4.69, 9.17) is 5.26 Å². The molecule has 0 atom stereocenters. The second-order valence-corrected chi connectivity index (χ2v) is 4.67. The summed E-state index contributed by atoms with van der Waals surface area (Å²) in [7, 11) is 2.17. The van der Waals surface area contributed by atoms with Crippen LogP contribution in [0.4, 0.5) is 5.82 Å². The lowest BCUT2D eigenvalue weighted by atomic mass is 9.97. The predicted octanol–water partition coefficient (Wildman–Crippen LogP) is 1.71. The number of hydrogen-bond acceptors (Lipinski definition) is 4. The molecule has 0 radical (unpaired) electrons. The number of likely N-dealkylation sites (tertiary alicyclic amines) is 1. The Morgan fingerprint density at radius 2 is 2.24 bits per heavy atom. The summed E-state index contributed by atoms with van der Waals surface area (Å²) in [5.41, 5.74) is 0.606. The summed E-state index contributed by atoms with van der Waals surface area (Å²) in [5, 5.41) is 12.0. The molecule has 2 heterocycles. The van der Waals surface area contributed by atoms with Crippen molar-refractivity contribution in [1.29, 1.82) is 5.26 Å². The molecule has 0 unspecified atom stereocenters. The van der Waals surface area contributed by atoms with E-state index in [1.54, 1.807) is 12.3 Å². The predicted molar refractivity (Wildman–Crippen MR) is 67.7 cm³/mol. The summed E-state index contributed by atoms with van der Waals surface area (Å²) in [6, 6.07) is 5.73. The van der Waals surface area contributed by atoms with Crippen LogP contribution in [0, 0.1) is 17.2 Å². The van der Waals surface area contributed by atoms with Gasteiger partial charge in [-0.3, -0.25) is 0 Å². The Bertz CT molecular complexity index is 385. The second kappa shape index (κ2) is 5.65. The van der Waals surface area contributed by atoms with Crippen molar-refractivity contribution in [2.75, 3.05) is 32.0 Å². The van der Waals surface area contributed by atoms with E-state index in [1.807, 2.05) is 6.07 Å². The van der Waals surface area contributed by atoms with Gasteiger partial charge in [-0.05, 0) is 51.0 Å². The van der Waals surface area contributed by atoms with E-state index in [2.05, 4.69) is 28.3 Å². The van der Waals surface area contributed by atoms with E-state index in [0.29, 0.717) is 5.56 Å². The number of nitrogens with zero attached hydrogens (tertiary/aromatic N) is 3. The fraction of sp³-hybridized carbons (Fsp3) is 0.538. The molecule has 4 heteroatoms. The van der Waals surface area contributed by atoms with Crippen LogP contribution in [0.1, 0.15) is 18.4 Å². The molecular weight excluding hydrogens is 212 g/mol. The van der Waals surface area contributed by atoms with Gasteiger partial charge in [-0.15, -0.1) is 0 Å². The minimum atomic E-state index is 0.606. The van der Waals surface area contributed by atoms with Gasteiger partial charge >= 0.3 is 0 Å². The standard InChI is InChI=1S/C13H18N4/c1-17-6-4-11(5-7-17)9-15-13-3-2-12(8-14)10-16-13/h2-3,10-11H,4-7,9H2,1H3,(H,15,16). The molecule has 0 bridgehead atoms. The van der Waals surface area contributed by atoms with Crippen molar-refractivity contribution in [2.24, 2.45) is 5.92 Å². The van der Waals surface area contributed by atoms with Gasteiger partial charge in [0.05, 0.1) is 5.56 Å². The SMILES string of the molecule is CN1CCC(CNc2ccc(C#N)cn2)CC1. The maximum atomic E-state index is 8.67. The topological polar surface area (TPSA) is 52.0 Å². The Balaban J connectivity index is 1.79. The van der Waals surface area contributed by atoms with Crippen molar-refractivity contribution in [2.45, 2.75) is 12.8 Å². The third-order valence-corrected chi connectivity index (χ3v) is 3.30. The van der Waals surface area contributed by atoms with Gasteiger partial charge in [-0.1, -0.05) is 0 Å². The van der Waals surface area contributed by atoms with Crippen molar-refractivity contribution in [3.05, 3.63) is 23.9 Å². The maximum Gasteiger partial charge on any atom is 0.125 e. The van der Waals surface area contributed by atoms with Crippen LogP contribution in [0.25, 0.3) is 0 Å². The summed E-state index contributed by atoms with van der Waals surface area (Å²) in [4.78, 5) is 6.58. The lowest BCUT2D eigenvalue weighted by Crippen LogP contribution is -2.33. The summed E-state index contributed by atoms with van der Waals surface area (Å²) in [5.74, 6) is 1.60. The molecular formula is C13H18N4. The molecule has 1 N–H and O–H groups in total. The number of anilines is 1. The highest BCUT2D eigenvalue weighted by molar-refractivity contribution is 5.38. The molecule has 0 aromatic carbocycles. The molecule has 0 aliphatic carbocycles. The molecule has 1 fully saturated rings. The van der Waals surface area contributed by atoms with E-state index in [0.717, 1.165) is 18.3 Å². The van der Waals surface area contributed by atoms with Crippen LogP contribution >= 0.6 is 0 Å². The van der Waals surface area contributed by atoms with Gasteiger partial charge in [0.1, 0.15) is 11.9 Å². The molecule has 17 heavy (non-hydrogen) atoms. The van der Waals surface area contributed by atoms with Crippen LogP contribution in [-0.2, 0) is 0 Å². The molecule has 90 valence electrons. The van der Waals surface area contributed by atoms with Crippen LogP contribution in [0.3, 0.4) is 0 Å². The van der Waals surface area contributed by atoms with Crippen LogP contribution in [-0.4, -0.2) is 36.6 Å². The highest BCUT2D eigenvalue weighted by Gasteiger charge is 2.16. The Hall–Kier alpha value is -1.60. The lowest BCUT2D eigenvalue weighted by molar-refractivity contribution is 0.226. The monoisotopic (exact) mass is 230 g/mol. The van der Waals surface area contributed by atoms with Crippen molar-refractivity contribution < 1.29 is 0 Å². The van der Waals surface area contributed by atoms with Gasteiger partial charge in [-0.25, -0.2) is 4.98 Å². The summed E-state index contributed by atoms with van der Waals surface area (Å²) < 4.78 is 0. The first kappa shape index (κ1) is 11.9. The fourth-order valence-corrected chi connectivity index (χ4v) is 2.08. The lowest BCUT2D eigenvalue weighted by Gasteiger charge is -2.29. The smallest absolute Gasteiger partial charge is 0.125 e. The van der Waals surface area contributed by atoms with Gasteiger partial charge < -0.3 is 10.2 Å². The van der Waals surface area contributed by atoms with Crippen molar-refractivity contribution >= 4 is 5.82 Å². The normalized spacial score (nSPS) is 17.6. The van der Waals surface area contributed by atoms with Crippen molar-refractivity contribution in [3.63, 3.8) is 0 Å². The highest BCUT2D eigenvalue weighted by atomic mass is 15.1. The minimum absolute atomic E-state index is 0.606. The van der Waals surface area contributed by atoms with E-state index >= 15 is 0 Å². The maximum absolute atomic E-state index is 8.67. The van der Waals surface area contributed by atoms with Gasteiger partial charge in [0.15, 0.2) is 0 Å². The molecule has 1 aromatic rings. The zero-order valence-electron chi connectivity index (χ0n) is 10.2. The van der Waals surface area contributed by atoms with E-state index in [1.165, 1.54) is 25.9 Å². The molecule has 4 nitrogen and oxygen atoms in total. The number of nitriles is 1. The molecule has 1 saturated heterocycles. The van der Waals surface area contributed by atoms with Crippen LogP contribution < -0.4 is 5.32 Å². The van der Waals surface area contributed by atoms with E-state index in [-0.39, 0.29) is 0 Å². The average molecular weight is 230 g/mol. The van der Waals surface area contributed by atoms with Crippen molar-refractivity contribution in [1.82, 2.24) is 9.88 Å². The minimum Gasteiger partial charge on any atom is -0.370 e. The Morgan fingerprint density at radius 1 is 1.47 bits per heavy atom. The Kier molecular flexibility index (Phi) is 3.94. The number of pyridine rings is 1. The average Bonchev–Trinajstić information content (AvgIpc) is 2.39. The van der Waals surface area contributed by atoms with Crippen LogP contribution in [0.5, 0.6) is 0 Å². The van der Waals surface area contributed by atoms with Gasteiger partial charge in [0.25, 0.3) is 0 Å². The zero-order valence-corrected chi connectivity index (χ0v) is 10.2. The first-order chi connectivity index (χ1) is 8.28. The molecule has 1 aliphatic rings. The molecule has 1 aliphatic heterocycles. The first-order valence-corrected chi connectivity index (χ1v) is 6.06. The Morgan fingerprint density at radius 3 is 2.82 bits per heavy atom. The van der Waals surface area contributed by atoms with Gasteiger partial charge in [0.2, 0.25) is 0 Å². The summed E-state index contributed by atoms with van der Waals surface area (Å²) in [6.07, 6.45) is 4.11. The van der Waals surface area contributed by atoms with E-state index in [9.17, 15) is 0 Å². The van der Waals surface area contributed by atoms with Crippen LogP contribution in [0.2, 0.25) is 0 Å². The van der Waals surface area contributed by atoms with Gasteiger partial charge in [0, 0.05) is 12.7 Å². The van der Waals surface area contributed by atoms with Crippen LogP contribution in [0.15, 0.2) is 18.3 Å². The number of piperidine rings is 1. The number of rotatable bonds is 3. The number of nitrogens with one attached hydrogen (secondary N) is 1. The zero-order chi connectivity index (χ0) is 12.1. The Labute approximate surface area is 102 Å². The van der Waals surface area contributed by atoms with Crippen molar-refractivity contribution in [3.8, 4) is 6.07 Å². The number of aromatic nitrogens is 1. The second-order valence-electron chi connectivity index (χ2n) is 4.67. The largest absolute Gasteiger partial charge is 0.370 e. The molecule has 1 aromatic heterocycles. The van der Waals surface area contributed by atoms with Gasteiger partial charge in [-0.2, -0.15) is 5.26 Å². The summed E-state index contributed by atoms with van der Waals surface area (Å²) >= 11 is 0. The first-order valence-electron chi connectivity index (χ1n) is 6.06.